The standard InChI is InChI=1S/C11H16O2/c1-11(2,13)9-7-5-3-4-6-8(7)10(9)12/h3-10,12-13H,1-2H3/t7-,8+,9-,10+/m0/s1. The second-order valence-corrected chi connectivity index (χ2v) is 4.59. The zero-order valence-corrected chi connectivity index (χ0v) is 8.01. The summed E-state index contributed by atoms with van der Waals surface area (Å²) in [6.45, 7) is 3.53. The van der Waals surface area contributed by atoms with Gasteiger partial charge in [0, 0.05) is 11.8 Å². The zero-order valence-electron chi connectivity index (χ0n) is 8.01. The van der Waals surface area contributed by atoms with E-state index < -0.39 is 5.60 Å². The smallest absolute Gasteiger partial charge is 0.0669 e. The highest BCUT2D eigenvalue weighted by molar-refractivity contribution is 5.24. The van der Waals surface area contributed by atoms with Crippen LogP contribution in [0.15, 0.2) is 24.3 Å². The monoisotopic (exact) mass is 180 g/mol. The van der Waals surface area contributed by atoms with E-state index in [0.29, 0.717) is 5.92 Å². The molecular formula is C11H16O2. The lowest BCUT2D eigenvalue weighted by atomic mass is 9.56. The normalized spacial score (nSPS) is 42.8. The van der Waals surface area contributed by atoms with Crippen LogP contribution in [0.2, 0.25) is 0 Å². The van der Waals surface area contributed by atoms with E-state index in [-0.39, 0.29) is 17.9 Å². The molecule has 0 aromatic carbocycles. The van der Waals surface area contributed by atoms with Gasteiger partial charge in [0.05, 0.1) is 11.7 Å². The van der Waals surface area contributed by atoms with Crippen molar-refractivity contribution in [3.63, 3.8) is 0 Å². The molecule has 0 unspecified atom stereocenters. The lowest BCUT2D eigenvalue weighted by molar-refractivity contribution is -0.152. The second kappa shape index (κ2) is 2.69. The maximum Gasteiger partial charge on any atom is 0.0669 e. The van der Waals surface area contributed by atoms with Crippen molar-refractivity contribution < 1.29 is 10.2 Å². The molecule has 0 bridgehead atoms. The van der Waals surface area contributed by atoms with Gasteiger partial charge in [0.1, 0.15) is 0 Å². The van der Waals surface area contributed by atoms with E-state index in [2.05, 4.69) is 6.08 Å². The second-order valence-electron chi connectivity index (χ2n) is 4.59. The Bertz CT molecular complexity index is 260. The summed E-state index contributed by atoms with van der Waals surface area (Å²) in [4.78, 5) is 0. The molecule has 2 aliphatic carbocycles. The third-order valence-corrected chi connectivity index (χ3v) is 3.21. The molecule has 0 aromatic rings. The molecular weight excluding hydrogens is 164 g/mol. The van der Waals surface area contributed by atoms with Crippen molar-refractivity contribution in [1.82, 2.24) is 0 Å². The number of fused-ring (bicyclic) bond motifs is 1. The molecule has 0 radical (unpaired) electrons. The zero-order chi connectivity index (χ0) is 9.64. The molecule has 0 heterocycles. The minimum absolute atomic E-state index is 0.0151. The van der Waals surface area contributed by atoms with Crippen LogP contribution >= 0.6 is 0 Å². The summed E-state index contributed by atoms with van der Waals surface area (Å²) >= 11 is 0. The molecule has 1 saturated carbocycles. The van der Waals surface area contributed by atoms with Crippen LogP contribution in [0.3, 0.4) is 0 Å². The van der Waals surface area contributed by atoms with Crippen molar-refractivity contribution >= 4 is 0 Å². The molecule has 2 rings (SSSR count). The Morgan fingerprint density at radius 3 is 2.15 bits per heavy atom. The summed E-state index contributed by atoms with van der Waals surface area (Å²) in [7, 11) is 0. The van der Waals surface area contributed by atoms with E-state index in [1.165, 1.54) is 0 Å². The fourth-order valence-electron chi connectivity index (χ4n) is 2.55. The minimum Gasteiger partial charge on any atom is -0.392 e. The fraction of sp³-hybridized carbons (Fsp3) is 0.636. The van der Waals surface area contributed by atoms with Gasteiger partial charge in [-0.2, -0.15) is 0 Å². The molecule has 0 saturated heterocycles. The van der Waals surface area contributed by atoms with E-state index in [1.807, 2.05) is 18.2 Å². The minimum atomic E-state index is -0.782. The molecule has 0 aliphatic heterocycles. The SMILES string of the molecule is CC(C)(O)[C@@H]1[C@H](O)[C@@H]2C=CC=C[C@@H]21. The van der Waals surface area contributed by atoms with Crippen LogP contribution in [0.25, 0.3) is 0 Å². The van der Waals surface area contributed by atoms with Crippen molar-refractivity contribution in [1.29, 1.82) is 0 Å². The lowest BCUT2D eigenvalue weighted by Gasteiger charge is -2.53. The summed E-state index contributed by atoms with van der Waals surface area (Å²) in [5.74, 6) is 0.528. The molecule has 2 aliphatic rings. The largest absolute Gasteiger partial charge is 0.392 e. The molecule has 72 valence electrons. The van der Waals surface area contributed by atoms with Crippen molar-refractivity contribution in [2.45, 2.75) is 25.6 Å². The van der Waals surface area contributed by atoms with Gasteiger partial charge in [-0.05, 0) is 19.8 Å². The first-order chi connectivity index (χ1) is 6.02. The molecule has 2 N–H and O–H groups in total. The first-order valence-electron chi connectivity index (χ1n) is 4.77. The average molecular weight is 180 g/mol. The number of hydrogen-bond acceptors (Lipinski definition) is 2. The van der Waals surface area contributed by atoms with Gasteiger partial charge in [-0.25, -0.2) is 0 Å². The Morgan fingerprint density at radius 2 is 1.62 bits per heavy atom. The topological polar surface area (TPSA) is 40.5 Å². The first-order valence-corrected chi connectivity index (χ1v) is 4.77. The predicted molar refractivity (Wildman–Crippen MR) is 51.1 cm³/mol. The van der Waals surface area contributed by atoms with Gasteiger partial charge in [0.25, 0.3) is 0 Å². The van der Waals surface area contributed by atoms with Crippen molar-refractivity contribution in [3.05, 3.63) is 24.3 Å². The lowest BCUT2D eigenvalue weighted by Crippen LogP contribution is -2.58. The molecule has 2 nitrogen and oxygen atoms in total. The molecule has 0 spiro atoms. The van der Waals surface area contributed by atoms with Gasteiger partial charge in [0.2, 0.25) is 0 Å². The van der Waals surface area contributed by atoms with E-state index in [4.69, 9.17) is 0 Å². The summed E-state index contributed by atoms with van der Waals surface area (Å²) < 4.78 is 0. The highest BCUT2D eigenvalue weighted by atomic mass is 16.3. The number of rotatable bonds is 1. The van der Waals surface area contributed by atoms with Gasteiger partial charge in [-0.3, -0.25) is 0 Å². The summed E-state index contributed by atoms with van der Waals surface area (Å²) in [5.41, 5.74) is -0.782. The average Bonchev–Trinajstić information content (AvgIpc) is 2.00. The van der Waals surface area contributed by atoms with E-state index in [9.17, 15) is 10.2 Å². The van der Waals surface area contributed by atoms with E-state index in [1.54, 1.807) is 13.8 Å². The van der Waals surface area contributed by atoms with Crippen molar-refractivity contribution in [2.75, 3.05) is 0 Å². The predicted octanol–water partition coefficient (Wildman–Crippen LogP) is 1.11. The quantitative estimate of drug-likeness (QED) is 0.634. The highest BCUT2D eigenvalue weighted by Gasteiger charge is 2.53. The molecule has 0 aromatic heterocycles. The van der Waals surface area contributed by atoms with Gasteiger partial charge in [0.15, 0.2) is 0 Å². The number of allylic oxidation sites excluding steroid dienone is 3. The number of hydrogen-bond donors (Lipinski definition) is 2. The summed E-state index contributed by atoms with van der Waals surface area (Å²) in [6.07, 6.45) is 7.68. The molecule has 13 heavy (non-hydrogen) atoms. The fourth-order valence-corrected chi connectivity index (χ4v) is 2.55. The van der Waals surface area contributed by atoms with Crippen LogP contribution in [-0.2, 0) is 0 Å². The summed E-state index contributed by atoms with van der Waals surface area (Å²) in [5, 5.41) is 19.6. The van der Waals surface area contributed by atoms with Gasteiger partial charge >= 0.3 is 0 Å². The Morgan fingerprint density at radius 1 is 1.08 bits per heavy atom. The molecule has 0 amide bonds. The highest BCUT2D eigenvalue weighted by Crippen LogP contribution is 2.49. The van der Waals surface area contributed by atoms with Crippen LogP contribution in [-0.4, -0.2) is 21.9 Å². The van der Waals surface area contributed by atoms with Crippen LogP contribution in [0.1, 0.15) is 13.8 Å². The van der Waals surface area contributed by atoms with Crippen molar-refractivity contribution in [3.8, 4) is 0 Å². The Balaban J connectivity index is 2.18. The first kappa shape index (κ1) is 8.97. The van der Waals surface area contributed by atoms with Crippen LogP contribution in [0.4, 0.5) is 0 Å². The number of aliphatic hydroxyl groups excluding tert-OH is 1. The maximum absolute atomic E-state index is 9.83. The van der Waals surface area contributed by atoms with Crippen LogP contribution < -0.4 is 0 Å². The van der Waals surface area contributed by atoms with Crippen LogP contribution in [0, 0.1) is 17.8 Å². The van der Waals surface area contributed by atoms with E-state index >= 15 is 0 Å². The Hall–Kier alpha value is -0.600. The molecule has 2 heteroatoms. The van der Waals surface area contributed by atoms with Gasteiger partial charge in [-0.1, -0.05) is 24.3 Å². The van der Waals surface area contributed by atoms with Crippen LogP contribution in [0.5, 0.6) is 0 Å². The molecule has 4 atom stereocenters. The number of aliphatic hydroxyl groups is 2. The Labute approximate surface area is 78.6 Å². The molecule has 1 fully saturated rings. The van der Waals surface area contributed by atoms with Gasteiger partial charge < -0.3 is 10.2 Å². The van der Waals surface area contributed by atoms with Gasteiger partial charge in [-0.15, -0.1) is 0 Å². The Kier molecular flexibility index (Phi) is 1.86. The third-order valence-electron chi connectivity index (χ3n) is 3.21. The maximum atomic E-state index is 9.83. The van der Waals surface area contributed by atoms with Crippen molar-refractivity contribution in [2.24, 2.45) is 17.8 Å². The third kappa shape index (κ3) is 1.25. The van der Waals surface area contributed by atoms with E-state index in [0.717, 1.165) is 0 Å². The summed E-state index contributed by atoms with van der Waals surface area (Å²) in [6, 6.07) is 0.